The van der Waals surface area contributed by atoms with Gasteiger partial charge in [-0.25, -0.2) is 9.78 Å². The van der Waals surface area contributed by atoms with Crippen molar-refractivity contribution in [1.29, 1.82) is 0 Å². The maximum atomic E-state index is 12.9. The van der Waals surface area contributed by atoms with E-state index < -0.39 is 6.09 Å². The fourth-order valence-corrected chi connectivity index (χ4v) is 3.73. The molecule has 1 saturated heterocycles. The lowest BCUT2D eigenvalue weighted by Crippen LogP contribution is -2.30. The number of fused-ring (bicyclic) bond motifs is 1. The molecule has 9 heteroatoms. The molecule has 9 nitrogen and oxygen atoms in total. The van der Waals surface area contributed by atoms with Crippen LogP contribution in [-0.4, -0.2) is 63.8 Å². The predicted octanol–water partition coefficient (Wildman–Crippen LogP) is 3.24. The highest BCUT2D eigenvalue weighted by Gasteiger charge is 2.27. The van der Waals surface area contributed by atoms with Crippen LogP contribution in [0.3, 0.4) is 0 Å². The van der Waals surface area contributed by atoms with Gasteiger partial charge in [0.05, 0.1) is 42.0 Å². The van der Waals surface area contributed by atoms with E-state index in [1.165, 1.54) is 0 Å². The Bertz CT molecular complexity index is 1100. The van der Waals surface area contributed by atoms with Crippen LogP contribution >= 0.6 is 0 Å². The van der Waals surface area contributed by atoms with Crippen molar-refractivity contribution in [2.75, 3.05) is 31.6 Å². The van der Waals surface area contributed by atoms with E-state index in [0.717, 1.165) is 17.5 Å². The molecule has 1 N–H and O–H groups in total. The topological polar surface area (TPSA) is 98.6 Å². The van der Waals surface area contributed by atoms with Gasteiger partial charge in [0.1, 0.15) is 5.65 Å². The Morgan fingerprint density at radius 3 is 2.87 bits per heavy atom. The van der Waals surface area contributed by atoms with E-state index in [4.69, 9.17) is 9.47 Å². The van der Waals surface area contributed by atoms with Crippen molar-refractivity contribution in [3.8, 4) is 5.69 Å². The molecule has 1 fully saturated rings. The Hall–Kier alpha value is -3.46. The van der Waals surface area contributed by atoms with Crippen molar-refractivity contribution in [1.82, 2.24) is 19.4 Å². The summed E-state index contributed by atoms with van der Waals surface area (Å²) >= 11 is 0. The molecule has 0 aromatic carbocycles. The molecule has 4 rings (SSSR count). The molecule has 0 bridgehead atoms. The molecule has 0 radical (unpaired) electrons. The smallest absolute Gasteiger partial charge is 0.411 e. The maximum Gasteiger partial charge on any atom is 0.411 e. The van der Waals surface area contributed by atoms with Gasteiger partial charge in [-0.05, 0) is 38.5 Å². The van der Waals surface area contributed by atoms with Crippen molar-refractivity contribution in [3.63, 3.8) is 0 Å². The molecular formula is C22H25N5O4. The van der Waals surface area contributed by atoms with Crippen molar-refractivity contribution >= 4 is 28.7 Å². The highest BCUT2D eigenvalue weighted by Crippen LogP contribution is 2.23. The number of hydrogen-bond donors (Lipinski definition) is 1. The summed E-state index contributed by atoms with van der Waals surface area (Å²) < 4.78 is 12.4. The minimum atomic E-state index is -0.534. The first-order valence-corrected chi connectivity index (χ1v) is 10.4. The van der Waals surface area contributed by atoms with Crippen LogP contribution in [0.2, 0.25) is 0 Å². The van der Waals surface area contributed by atoms with Crippen LogP contribution in [0.1, 0.15) is 30.6 Å². The molecule has 1 aliphatic rings. The Labute approximate surface area is 180 Å². The molecule has 0 spiro atoms. The van der Waals surface area contributed by atoms with Crippen LogP contribution in [-0.2, 0) is 9.47 Å². The van der Waals surface area contributed by atoms with E-state index in [1.54, 1.807) is 31.6 Å². The Morgan fingerprint density at radius 1 is 1.19 bits per heavy atom. The summed E-state index contributed by atoms with van der Waals surface area (Å²) in [6.07, 6.45) is 7.11. The van der Waals surface area contributed by atoms with Crippen LogP contribution in [0.5, 0.6) is 0 Å². The summed E-state index contributed by atoms with van der Waals surface area (Å²) in [6.45, 7) is 5.94. The number of nitrogens with zero attached hydrogens (tertiary/aromatic N) is 4. The zero-order chi connectivity index (χ0) is 21.8. The van der Waals surface area contributed by atoms with Crippen LogP contribution in [0, 0.1) is 0 Å². The van der Waals surface area contributed by atoms with E-state index in [-0.39, 0.29) is 18.6 Å². The van der Waals surface area contributed by atoms with Crippen molar-refractivity contribution in [2.45, 2.75) is 26.4 Å². The monoisotopic (exact) mass is 423 g/mol. The average Bonchev–Trinajstić information content (AvgIpc) is 3.40. The highest BCUT2D eigenvalue weighted by atomic mass is 16.5. The lowest BCUT2D eigenvalue weighted by Gasteiger charge is -2.16. The molecule has 162 valence electrons. The van der Waals surface area contributed by atoms with Crippen LogP contribution in [0.4, 0.5) is 10.5 Å². The summed E-state index contributed by atoms with van der Waals surface area (Å²) in [6, 6.07) is 5.53. The van der Waals surface area contributed by atoms with Crippen molar-refractivity contribution in [3.05, 3.63) is 48.5 Å². The van der Waals surface area contributed by atoms with E-state index in [9.17, 15) is 9.59 Å². The first-order valence-electron chi connectivity index (χ1n) is 10.4. The van der Waals surface area contributed by atoms with Gasteiger partial charge in [-0.1, -0.05) is 0 Å². The third-order valence-corrected chi connectivity index (χ3v) is 5.13. The van der Waals surface area contributed by atoms with Crippen molar-refractivity contribution in [2.24, 2.45) is 0 Å². The van der Waals surface area contributed by atoms with Gasteiger partial charge in [-0.3, -0.25) is 19.7 Å². The van der Waals surface area contributed by atoms with Gasteiger partial charge in [0.25, 0.3) is 5.91 Å². The number of pyridine rings is 2. The zero-order valence-corrected chi connectivity index (χ0v) is 17.6. The van der Waals surface area contributed by atoms with Gasteiger partial charge in [-0.15, -0.1) is 0 Å². The third-order valence-electron chi connectivity index (χ3n) is 5.13. The quantitative estimate of drug-likeness (QED) is 0.654. The molecule has 0 aliphatic carbocycles. The summed E-state index contributed by atoms with van der Waals surface area (Å²) in [7, 11) is 0. The number of rotatable bonds is 6. The Kier molecular flexibility index (Phi) is 6.13. The summed E-state index contributed by atoms with van der Waals surface area (Å²) in [5.41, 5.74) is 2.50. The summed E-state index contributed by atoms with van der Waals surface area (Å²) in [5, 5.41) is 3.49. The number of carbonyl (C=O) groups excluding carboxylic acids is 2. The standard InChI is InChI=1S/C22H25N5O4/c1-3-30-19-6-7-26(14-19)21(28)16-9-15-5-8-27(20(15)24-11-16)18-10-17(12-23-13-18)25-22(29)31-4-2/h5,8-13,19H,3-4,6-7,14H2,1-2H3,(H,25,29)/t19-/m1/s1. The van der Waals surface area contributed by atoms with E-state index in [2.05, 4.69) is 15.3 Å². The number of hydrogen-bond acceptors (Lipinski definition) is 6. The fourth-order valence-electron chi connectivity index (χ4n) is 3.73. The summed E-state index contributed by atoms with van der Waals surface area (Å²) in [5.74, 6) is -0.0355. The number of likely N-dealkylation sites (tertiary alicyclic amines) is 1. The third kappa shape index (κ3) is 4.51. The van der Waals surface area contributed by atoms with Gasteiger partial charge in [-0.2, -0.15) is 0 Å². The molecule has 31 heavy (non-hydrogen) atoms. The molecule has 1 atom stereocenters. The lowest BCUT2D eigenvalue weighted by atomic mass is 10.2. The first kappa shape index (κ1) is 20.8. The number of amides is 2. The number of nitrogens with one attached hydrogen (secondary N) is 1. The molecule has 4 heterocycles. The molecule has 1 aliphatic heterocycles. The zero-order valence-electron chi connectivity index (χ0n) is 17.6. The SMILES string of the molecule is CCOC(=O)Nc1cncc(-n2ccc3cc(C(=O)N4CC[C@@H](OCC)C4)cnc32)c1. The van der Waals surface area contributed by atoms with Gasteiger partial charge in [0.2, 0.25) is 0 Å². The second kappa shape index (κ2) is 9.13. The molecule has 3 aromatic heterocycles. The van der Waals surface area contributed by atoms with E-state index in [0.29, 0.717) is 36.6 Å². The number of aromatic nitrogens is 3. The number of carbonyl (C=O) groups is 2. The van der Waals surface area contributed by atoms with Crippen molar-refractivity contribution < 1.29 is 19.1 Å². The van der Waals surface area contributed by atoms with Crippen LogP contribution < -0.4 is 5.32 Å². The largest absolute Gasteiger partial charge is 0.450 e. The first-order chi connectivity index (χ1) is 15.1. The Morgan fingerprint density at radius 2 is 2.06 bits per heavy atom. The Balaban J connectivity index is 1.54. The van der Waals surface area contributed by atoms with E-state index >= 15 is 0 Å². The van der Waals surface area contributed by atoms with Crippen LogP contribution in [0.25, 0.3) is 16.7 Å². The van der Waals surface area contributed by atoms with Crippen LogP contribution in [0.15, 0.2) is 43.0 Å². The second-order valence-electron chi connectivity index (χ2n) is 7.22. The van der Waals surface area contributed by atoms with E-state index in [1.807, 2.05) is 34.7 Å². The second-order valence-corrected chi connectivity index (χ2v) is 7.22. The van der Waals surface area contributed by atoms with Gasteiger partial charge in [0, 0.05) is 37.5 Å². The predicted molar refractivity (Wildman–Crippen MR) is 115 cm³/mol. The molecule has 0 unspecified atom stereocenters. The average molecular weight is 423 g/mol. The molecule has 2 amide bonds. The normalized spacial score (nSPS) is 15.9. The fraction of sp³-hybridized carbons (Fsp3) is 0.364. The minimum absolute atomic E-state index is 0.0355. The minimum Gasteiger partial charge on any atom is -0.450 e. The highest BCUT2D eigenvalue weighted by molar-refractivity contribution is 5.97. The van der Waals surface area contributed by atoms with Gasteiger partial charge < -0.3 is 14.4 Å². The lowest BCUT2D eigenvalue weighted by molar-refractivity contribution is 0.0598. The molecule has 3 aromatic rings. The molecular weight excluding hydrogens is 398 g/mol. The number of ether oxygens (including phenoxy) is 2. The maximum absolute atomic E-state index is 12.9. The number of anilines is 1. The van der Waals surface area contributed by atoms with Gasteiger partial charge in [0.15, 0.2) is 0 Å². The summed E-state index contributed by atoms with van der Waals surface area (Å²) in [4.78, 5) is 35.1. The molecule has 0 saturated carbocycles. The van der Waals surface area contributed by atoms with Gasteiger partial charge >= 0.3 is 6.09 Å².